The summed E-state index contributed by atoms with van der Waals surface area (Å²) in [7, 11) is 3.06. The molecule has 1 N–H and O–H groups in total. The standard InChI is InChI=1S/C35H31BrN2O8/c1-4-44-26-13-11-25(12-14-26)38-34(40)27(33(39)37-35(38)41)16-24-17-28(36)32(31(19-24)43-3)46-21-23-10-15-29(30(18-23)42-2)45-20-22-8-6-5-7-9-22/h5-19H,4,20-21H2,1-3H3,(H,37,39,41)/b27-16+. The van der Waals surface area contributed by atoms with Crippen molar-refractivity contribution in [3.63, 3.8) is 0 Å². The van der Waals surface area contributed by atoms with Crippen molar-refractivity contribution in [2.45, 2.75) is 20.1 Å². The summed E-state index contributed by atoms with van der Waals surface area (Å²) in [5.74, 6) is 0.966. The molecule has 46 heavy (non-hydrogen) atoms. The summed E-state index contributed by atoms with van der Waals surface area (Å²) in [6.45, 7) is 2.91. The molecule has 0 saturated carbocycles. The lowest BCUT2D eigenvalue weighted by Crippen LogP contribution is -2.54. The zero-order valence-electron chi connectivity index (χ0n) is 25.4. The Bertz CT molecular complexity index is 1770. The first-order valence-corrected chi connectivity index (χ1v) is 15.1. The molecule has 5 rings (SSSR count). The highest BCUT2D eigenvalue weighted by atomic mass is 79.9. The van der Waals surface area contributed by atoms with Crippen LogP contribution in [-0.2, 0) is 22.8 Å². The minimum atomic E-state index is -0.841. The van der Waals surface area contributed by atoms with E-state index in [1.807, 2.05) is 55.5 Å². The van der Waals surface area contributed by atoms with Crippen LogP contribution in [0.25, 0.3) is 6.08 Å². The molecule has 1 heterocycles. The Kier molecular flexibility index (Phi) is 10.2. The maximum Gasteiger partial charge on any atom is 0.335 e. The molecule has 1 fully saturated rings. The first-order valence-electron chi connectivity index (χ1n) is 14.3. The maximum atomic E-state index is 13.4. The van der Waals surface area contributed by atoms with Crippen molar-refractivity contribution < 1.29 is 38.1 Å². The number of rotatable bonds is 12. The van der Waals surface area contributed by atoms with Crippen LogP contribution in [0.5, 0.6) is 28.7 Å². The quantitative estimate of drug-likeness (QED) is 0.130. The Morgan fingerprint density at radius 3 is 2.17 bits per heavy atom. The van der Waals surface area contributed by atoms with E-state index in [-0.39, 0.29) is 12.2 Å². The van der Waals surface area contributed by atoms with Crippen LogP contribution in [-0.4, -0.2) is 38.7 Å². The second kappa shape index (κ2) is 14.7. The van der Waals surface area contributed by atoms with Gasteiger partial charge in [-0.05, 0) is 94.2 Å². The van der Waals surface area contributed by atoms with Crippen molar-refractivity contribution >= 4 is 45.5 Å². The fourth-order valence-electron chi connectivity index (χ4n) is 4.69. The number of ether oxygens (including phenoxy) is 5. The van der Waals surface area contributed by atoms with Gasteiger partial charge < -0.3 is 23.7 Å². The Morgan fingerprint density at radius 1 is 0.761 bits per heavy atom. The highest BCUT2D eigenvalue weighted by Crippen LogP contribution is 2.39. The summed E-state index contributed by atoms with van der Waals surface area (Å²) >= 11 is 3.53. The average molecular weight is 688 g/mol. The number of barbiturate groups is 1. The SMILES string of the molecule is CCOc1ccc(N2C(=O)NC(=O)/C(=C\c3cc(Br)c(OCc4ccc(OCc5ccccc5)c(OC)c4)c(OC)c3)C2=O)cc1. The molecule has 0 spiro atoms. The van der Waals surface area contributed by atoms with Gasteiger partial charge in [-0.3, -0.25) is 14.9 Å². The molecule has 1 aliphatic rings. The zero-order chi connectivity index (χ0) is 32.6. The van der Waals surface area contributed by atoms with Crippen LogP contribution < -0.4 is 33.9 Å². The number of halogens is 1. The van der Waals surface area contributed by atoms with Crippen molar-refractivity contribution in [1.82, 2.24) is 5.32 Å². The third-order valence-electron chi connectivity index (χ3n) is 6.92. The number of amides is 4. The lowest BCUT2D eigenvalue weighted by atomic mass is 10.1. The number of hydrogen-bond donors (Lipinski definition) is 1. The smallest absolute Gasteiger partial charge is 0.335 e. The van der Waals surface area contributed by atoms with Crippen LogP contribution in [0, 0.1) is 0 Å². The predicted molar refractivity (Wildman–Crippen MR) is 175 cm³/mol. The number of anilines is 1. The fourth-order valence-corrected chi connectivity index (χ4v) is 5.27. The van der Waals surface area contributed by atoms with E-state index >= 15 is 0 Å². The van der Waals surface area contributed by atoms with E-state index in [1.165, 1.54) is 13.2 Å². The minimum Gasteiger partial charge on any atom is -0.494 e. The van der Waals surface area contributed by atoms with Crippen LogP contribution in [0.15, 0.2) is 95.0 Å². The molecule has 0 radical (unpaired) electrons. The van der Waals surface area contributed by atoms with Crippen LogP contribution in [0.4, 0.5) is 10.5 Å². The third-order valence-corrected chi connectivity index (χ3v) is 7.51. The Morgan fingerprint density at radius 2 is 1.48 bits per heavy atom. The number of carbonyl (C=O) groups excluding carboxylic acids is 3. The highest BCUT2D eigenvalue weighted by molar-refractivity contribution is 9.10. The molecule has 4 aromatic carbocycles. The van der Waals surface area contributed by atoms with E-state index in [9.17, 15) is 14.4 Å². The van der Waals surface area contributed by atoms with Gasteiger partial charge in [-0.1, -0.05) is 36.4 Å². The molecule has 0 aliphatic carbocycles. The lowest BCUT2D eigenvalue weighted by molar-refractivity contribution is -0.122. The Labute approximate surface area is 274 Å². The van der Waals surface area contributed by atoms with Gasteiger partial charge in [-0.25, -0.2) is 9.69 Å². The average Bonchev–Trinajstić information content (AvgIpc) is 3.06. The van der Waals surface area contributed by atoms with E-state index < -0.39 is 17.8 Å². The van der Waals surface area contributed by atoms with Crippen LogP contribution in [0.2, 0.25) is 0 Å². The normalized spacial score (nSPS) is 13.8. The van der Waals surface area contributed by atoms with Crippen molar-refractivity contribution in [1.29, 1.82) is 0 Å². The summed E-state index contributed by atoms with van der Waals surface area (Å²) < 4.78 is 29.2. The zero-order valence-corrected chi connectivity index (χ0v) is 27.0. The second-order valence-electron chi connectivity index (χ2n) is 9.97. The van der Waals surface area contributed by atoms with Gasteiger partial charge in [0.2, 0.25) is 0 Å². The first kappa shape index (κ1) is 32.1. The molecule has 236 valence electrons. The molecule has 4 aromatic rings. The molecule has 1 saturated heterocycles. The van der Waals surface area contributed by atoms with Gasteiger partial charge in [0.1, 0.15) is 24.5 Å². The van der Waals surface area contributed by atoms with Crippen LogP contribution in [0.1, 0.15) is 23.6 Å². The number of carbonyl (C=O) groups is 3. The molecule has 0 bridgehead atoms. The van der Waals surface area contributed by atoms with Gasteiger partial charge in [0.15, 0.2) is 23.0 Å². The summed E-state index contributed by atoms with van der Waals surface area (Å²) in [5.41, 5.74) is 2.40. The second-order valence-corrected chi connectivity index (χ2v) is 10.8. The summed E-state index contributed by atoms with van der Waals surface area (Å²) in [5, 5.41) is 2.23. The fraction of sp³-hybridized carbons (Fsp3) is 0.171. The van der Waals surface area contributed by atoms with Crippen molar-refractivity contribution in [3.05, 3.63) is 112 Å². The Balaban J connectivity index is 1.32. The van der Waals surface area contributed by atoms with Crippen molar-refractivity contribution in [2.24, 2.45) is 0 Å². The molecule has 4 amide bonds. The van der Waals surface area contributed by atoms with Gasteiger partial charge in [-0.2, -0.15) is 0 Å². The van der Waals surface area contributed by atoms with E-state index in [1.54, 1.807) is 43.5 Å². The lowest BCUT2D eigenvalue weighted by Gasteiger charge is -2.26. The van der Waals surface area contributed by atoms with Gasteiger partial charge in [0, 0.05) is 0 Å². The third kappa shape index (κ3) is 7.32. The largest absolute Gasteiger partial charge is 0.494 e. The van der Waals surface area contributed by atoms with Gasteiger partial charge in [0.25, 0.3) is 11.8 Å². The van der Waals surface area contributed by atoms with E-state index in [0.29, 0.717) is 57.7 Å². The topological polar surface area (TPSA) is 113 Å². The predicted octanol–water partition coefficient (Wildman–Crippen LogP) is 6.69. The van der Waals surface area contributed by atoms with Gasteiger partial charge >= 0.3 is 6.03 Å². The highest BCUT2D eigenvalue weighted by Gasteiger charge is 2.37. The van der Waals surface area contributed by atoms with Crippen LogP contribution >= 0.6 is 15.9 Å². The number of hydrogen-bond acceptors (Lipinski definition) is 8. The van der Waals surface area contributed by atoms with Gasteiger partial charge in [0.05, 0.1) is 31.0 Å². The van der Waals surface area contributed by atoms with Crippen molar-refractivity contribution in [2.75, 3.05) is 25.7 Å². The minimum absolute atomic E-state index is 0.185. The van der Waals surface area contributed by atoms with E-state index in [4.69, 9.17) is 23.7 Å². The number of benzene rings is 4. The van der Waals surface area contributed by atoms with E-state index in [0.717, 1.165) is 16.0 Å². The summed E-state index contributed by atoms with van der Waals surface area (Å²) in [6, 6.07) is 24.3. The Hall–Kier alpha value is -5.29. The molecule has 0 aromatic heterocycles. The number of nitrogens with zero attached hydrogens (tertiary/aromatic N) is 1. The number of urea groups is 1. The molecule has 0 atom stereocenters. The number of nitrogens with one attached hydrogen (secondary N) is 1. The molecule has 10 nitrogen and oxygen atoms in total. The monoisotopic (exact) mass is 686 g/mol. The first-order chi connectivity index (χ1) is 22.3. The molecule has 1 aliphatic heterocycles. The number of methoxy groups -OCH3 is 2. The number of imide groups is 2. The van der Waals surface area contributed by atoms with Crippen molar-refractivity contribution in [3.8, 4) is 28.7 Å². The summed E-state index contributed by atoms with van der Waals surface area (Å²) in [4.78, 5) is 39.6. The summed E-state index contributed by atoms with van der Waals surface area (Å²) in [6.07, 6.45) is 1.39. The molecule has 0 unspecified atom stereocenters. The van der Waals surface area contributed by atoms with Gasteiger partial charge in [-0.15, -0.1) is 0 Å². The molecule has 11 heteroatoms. The van der Waals surface area contributed by atoms with E-state index in [2.05, 4.69) is 21.2 Å². The molecular formula is C35H31BrN2O8. The maximum absolute atomic E-state index is 13.4. The van der Waals surface area contributed by atoms with Crippen LogP contribution in [0.3, 0.4) is 0 Å². The molecular weight excluding hydrogens is 656 g/mol.